The number of hydrogen-bond donors (Lipinski definition) is 2. The van der Waals surface area contributed by atoms with Crippen LogP contribution in [0.2, 0.25) is 0 Å². The summed E-state index contributed by atoms with van der Waals surface area (Å²) < 4.78 is 10.4. The van der Waals surface area contributed by atoms with Gasteiger partial charge in [-0.05, 0) is 43.2 Å². The van der Waals surface area contributed by atoms with Crippen molar-refractivity contribution >= 4 is 17.8 Å². The number of imide groups is 1. The summed E-state index contributed by atoms with van der Waals surface area (Å²) in [6.45, 7) is 3.20. The lowest BCUT2D eigenvalue weighted by atomic mass is 9.87. The summed E-state index contributed by atoms with van der Waals surface area (Å²) >= 11 is 0. The highest BCUT2D eigenvalue weighted by atomic mass is 16.5. The normalized spacial score (nSPS) is 20.0. The van der Waals surface area contributed by atoms with E-state index in [-0.39, 0.29) is 12.6 Å². The standard InChI is InChI=1S/C20H23N3O5/c1-4-20(14-7-9-15(27-3)10-8-14)18(25)23(19(26)22-20)12-17(24)21-13(2)16-6-5-11-28-16/h5-11,13H,4,12H2,1-3H3,(H,21,24)(H,22,26)/t13-,20-/m0/s1. The van der Waals surface area contributed by atoms with Gasteiger partial charge in [-0.1, -0.05) is 19.1 Å². The molecule has 2 atom stereocenters. The molecule has 0 aliphatic carbocycles. The molecule has 28 heavy (non-hydrogen) atoms. The number of methoxy groups -OCH3 is 1. The number of amides is 4. The van der Waals surface area contributed by atoms with Gasteiger partial charge in [0, 0.05) is 0 Å². The number of urea groups is 1. The number of rotatable bonds is 7. The Morgan fingerprint density at radius 2 is 2.00 bits per heavy atom. The Hall–Kier alpha value is -3.29. The Balaban J connectivity index is 1.75. The smallest absolute Gasteiger partial charge is 0.325 e. The molecule has 3 rings (SSSR count). The van der Waals surface area contributed by atoms with Crippen LogP contribution in [0.1, 0.15) is 37.6 Å². The predicted octanol–water partition coefficient (Wildman–Crippen LogP) is 2.32. The number of nitrogens with one attached hydrogen (secondary N) is 2. The molecule has 0 saturated carbocycles. The fraction of sp³-hybridized carbons (Fsp3) is 0.350. The first-order chi connectivity index (χ1) is 13.4. The molecule has 8 heteroatoms. The van der Waals surface area contributed by atoms with Crippen LogP contribution in [0.5, 0.6) is 5.75 Å². The maximum atomic E-state index is 13.1. The molecule has 8 nitrogen and oxygen atoms in total. The highest BCUT2D eigenvalue weighted by Crippen LogP contribution is 2.33. The second-order valence-corrected chi connectivity index (χ2v) is 6.61. The van der Waals surface area contributed by atoms with Gasteiger partial charge in [0.05, 0.1) is 19.4 Å². The molecule has 0 radical (unpaired) electrons. The van der Waals surface area contributed by atoms with Gasteiger partial charge in [-0.25, -0.2) is 4.79 Å². The Kier molecular flexibility index (Phi) is 5.39. The number of carbonyl (C=O) groups excluding carboxylic acids is 3. The van der Waals surface area contributed by atoms with Gasteiger partial charge in [-0.2, -0.15) is 0 Å². The van der Waals surface area contributed by atoms with Gasteiger partial charge >= 0.3 is 6.03 Å². The van der Waals surface area contributed by atoms with Crippen molar-refractivity contribution in [2.45, 2.75) is 31.8 Å². The van der Waals surface area contributed by atoms with Crippen LogP contribution in [-0.4, -0.2) is 36.4 Å². The van der Waals surface area contributed by atoms with Crippen molar-refractivity contribution in [3.05, 3.63) is 54.0 Å². The molecule has 0 bridgehead atoms. The fourth-order valence-electron chi connectivity index (χ4n) is 3.32. The average molecular weight is 385 g/mol. The molecule has 148 valence electrons. The maximum absolute atomic E-state index is 13.1. The van der Waals surface area contributed by atoms with Gasteiger partial charge in [0.2, 0.25) is 5.91 Å². The van der Waals surface area contributed by atoms with E-state index < -0.39 is 23.4 Å². The first-order valence-electron chi connectivity index (χ1n) is 9.02. The van der Waals surface area contributed by atoms with Crippen LogP contribution in [0.25, 0.3) is 0 Å². The van der Waals surface area contributed by atoms with E-state index in [0.717, 1.165) is 4.90 Å². The van der Waals surface area contributed by atoms with Gasteiger partial charge in [0.1, 0.15) is 23.6 Å². The van der Waals surface area contributed by atoms with Crippen LogP contribution in [0.4, 0.5) is 4.79 Å². The van der Waals surface area contributed by atoms with Crippen molar-refractivity contribution in [2.24, 2.45) is 0 Å². The van der Waals surface area contributed by atoms with Gasteiger partial charge in [0.15, 0.2) is 0 Å². The summed E-state index contributed by atoms with van der Waals surface area (Å²) in [5, 5.41) is 5.48. The van der Waals surface area contributed by atoms with Crippen molar-refractivity contribution in [2.75, 3.05) is 13.7 Å². The van der Waals surface area contributed by atoms with Gasteiger partial charge in [0.25, 0.3) is 5.91 Å². The second kappa shape index (κ2) is 7.75. The largest absolute Gasteiger partial charge is 0.497 e. The Labute approximate surface area is 162 Å². The topological polar surface area (TPSA) is 101 Å². The predicted molar refractivity (Wildman–Crippen MR) is 100 cm³/mol. The summed E-state index contributed by atoms with van der Waals surface area (Å²) in [5.74, 6) is 0.335. The number of carbonyl (C=O) groups is 3. The van der Waals surface area contributed by atoms with E-state index in [2.05, 4.69) is 10.6 Å². The summed E-state index contributed by atoms with van der Waals surface area (Å²) in [7, 11) is 1.55. The molecular formula is C20H23N3O5. The number of ether oxygens (including phenoxy) is 1. The highest BCUT2D eigenvalue weighted by Gasteiger charge is 2.51. The second-order valence-electron chi connectivity index (χ2n) is 6.61. The number of hydrogen-bond acceptors (Lipinski definition) is 5. The highest BCUT2D eigenvalue weighted by molar-refractivity contribution is 6.09. The van der Waals surface area contributed by atoms with E-state index in [4.69, 9.17) is 9.15 Å². The third kappa shape index (κ3) is 3.45. The Morgan fingerprint density at radius 3 is 2.57 bits per heavy atom. The zero-order valence-electron chi connectivity index (χ0n) is 16.0. The minimum atomic E-state index is -1.20. The van der Waals surface area contributed by atoms with Crippen LogP contribution in [0.15, 0.2) is 47.1 Å². The van der Waals surface area contributed by atoms with Crippen molar-refractivity contribution < 1.29 is 23.5 Å². The molecular weight excluding hydrogens is 362 g/mol. The van der Waals surface area contributed by atoms with E-state index in [1.54, 1.807) is 50.4 Å². The molecule has 2 heterocycles. The molecule has 1 saturated heterocycles. The SMILES string of the molecule is CC[C@@]1(c2ccc(OC)cc2)NC(=O)N(CC(=O)N[C@@H](C)c2ccco2)C1=O. The van der Waals surface area contributed by atoms with Crippen molar-refractivity contribution in [3.8, 4) is 5.75 Å². The average Bonchev–Trinajstić information content (AvgIpc) is 3.31. The van der Waals surface area contributed by atoms with Gasteiger partial charge in [-0.15, -0.1) is 0 Å². The molecule has 1 fully saturated rings. The molecule has 1 aliphatic heterocycles. The zero-order chi connectivity index (χ0) is 20.3. The molecule has 2 aromatic rings. The number of benzene rings is 1. The molecule has 1 aromatic heterocycles. The van der Waals surface area contributed by atoms with Gasteiger partial charge in [-0.3, -0.25) is 14.5 Å². The van der Waals surface area contributed by atoms with E-state index >= 15 is 0 Å². The maximum Gasteiger partial charge on any atom is 0.325 e. The quantitative estimate of drug-likeness (QED) is 0.713. The van der Waals surface area contributed by atoms with Crippen LogP contribution in [0, 0.1) is 0 Å². The lowest BCUT2D eigenvalue weighted by molar-refractivity contribution is -0.135. The monoisotopic (exact) mass is 385 g/mol. The lowest BCUT2D eigenvalue weighted by Gasteiger charge is -2.26. The third-order valence-electron chi connectivity index (χ3n) is 4.94. The third-order valence-corrected chi connectivity index (χ3v) is 4.94. The van der Waals surface area contributed by atoms with E-state index in [1.807, 2.05) is 6.92 Å². The van der Waals surface area contributed by atoms with Crippen LogP contribution in [-0.2, 0) is 15.1 Å². The van der Waals surface area contributed by atoms with Crippen LogP contribution in [0.3, 0.4) is 0 Å². The first kappa shape index (κ1) is 19.5. The molecule has 0 spiro atoms. The van der Waals surface area contributed by atoms with E-state index in [1.165, 1.54) is 6.26 Å². The molecule has 4 amide bonds. The van der Waals surface area contributed by atoms with E-state index in [9.17, 15) is 14.4 Å². The fourth-order valence-corrected chi connectivity index (χ4v) is 3.32. The summed E-state index contributed by atoms with van der Waals surface area (Å²) in [6.07, 6.45) is 1.87. The summed E-state index contributed by atoms with van der Waals surface area (Å²) in [6, 6.07) is 9.43. The summed E-state index contributed by atoms with van der Waals surface area (Å²) in [5.41, 5.74) is -0.558. The minimum Gasteiger partial charge on any atom is -0.497 e. The van der Waals surface area contributed by atoms with Crippen molar-refractivity contribution in [1.29, 1.82) is 0 Å². The summed E-state index contributed by atoms with van der Waals surface area (Å²) in [4.78, 5) is 38.9. The Morgan fingerprint density at radius 1 is 1.29 bits per heavy atom. The van der Waals surface area contributed by atoms with Gasteiger partial charge < -0.3 is 19.8 Å². The van der Waals surface area contributed by atoms with Crippen LogP contribution < -0.4 is 15.4 Å². The van der Waals surface area contributed by atoms with Crippen molar-refractivity contribution in [1.82, 2.24) is 15.5 Å². The number of furan rings is 1. The minimum absolute atomic E-state index is 0.352. The zero-order valence-corrected chi connectivity index (χ0v) is 16.0. The Bertz CT molecular complexity index is 862. The van der Waals surface area contributed by atoms with E-state index in [0.29, 0.717) is 23.5 Å². The number of nitrogens with zero attached hydrogens (tertiary/aromatic N) is 1. The molecule has 2 N–H and O–H groups in total. The molecule has 1 aromatic carbocycles. The first-order valence-corrected chi connectivity index (χ1v) is 9.02. The van der Waals surface area contributed by atoms with Crippen LogP contribution >= 0.6 is 0 Å². The van der Waals surface area contributed by atoms with Crippen molar-refractivity contribution in [3.63, 3.8) is 0 Å². The molecule has 0 unspecified atom stereocenters. The molecule has 1 aliphatic rings. The lowest BCUT2D eigenvalue weighted by Crippen LogP contribution is -2.45.